The molecule has 2 fully saturated rings. The van der Waals surface area contributed by atoms with E-state index in [1.807, 2.05) is 31.7 Å². The lowest BCUT2D eigenvalue weighted by Crippen LogP contribution is -2.50. The van der Waals surface area contributed by atoms with Crippen LogP contribution in [0.3, 0.4) is 0 Å². The highest BCUT2D eigenvalue weighted by molar-refractivity contribution is 7.92. The summed E-state index contributed by atoms with van der Waals surface area (Å²) in [6.45, 7) is 8.15. The fourth-order valence-electron chi connectivity index (χ4n) is 3.67. The molecule has 1 aromatic rings. The van der Waals surface area contributed by atoms with E-state index in [1.54, 1.807) is 22.9 Å². The van der Waals surface area contributed by atoms with Gasteiger partial charge in [0.1, 0.15) is 16.8 Å². The first-order valence-corrected chi connectivity index (χ1v) is 11.6. The second kappa shape index (κ2) is 8.10. The molecule has 29 heavy (non-hydrogen) atoms. The summed E-state index contributed by atoms with van der Waals surface area (Å²) in [6, 6.07) is 4.95. The SMILES string of the molecule is CN1CCS(=O)(=O)[C@H]1Cc1ccc(N2CCN(C(=O)OC(C)(C)C)CC2)cc1F. The van der Waals surface area contributed by atoms with Crippen molar-refractivity contribution in [2.45, 2.75) is 38.2 Å². The Morgan fingerprint density at radius 3 is 2.34 bits per heavy atom. The Hall–Kier alpha value is -1.87. The van der Waals surface area contributed by atoms with Gasteiger partial charge in [0.05, 0.1) is 5.75 Å². The van der Waals surface area contributed by atoms with E-state index < -0.39 is 26.6 Å². The van der Waals surface area contributed by atoms with Crippen molar-refractivity contribution in [1.82, 2.24) is 9.80 Å². The maximum Gasteiger partial charge on any atom is 0.410 e. The first kappa shape index (κ1) is 21.8. The van der Waals surface area contributed by atoms with Gasteiger partial charge in [0.15, 0.2) is 9.84 Å². The number of benzene rings is 1. The largest absolute Gasteiger partial charge is 0.444 e. The van der Waals surface area contributed by atoms with E-state index in [0.717, 1.165) is 5.69 Å². The number of sulfone groups is 1. The van der Waals surface area contributed by atoms with Gasteiger partial charge in [0.25, 0.3) is 0 Å². The Balaban J connectivity index is 1.62. The molecule has 1 aromatic carbocycles. The standard InChI is InChI=1S/C20H30FN3O4S/c1-20(2,3)28-19(25)24-9-7-23(8-10-24)16-6-5-15(17(21)14-16)13-18-22(4)11-12-29(18,26)27/h5-6,14,18H,7-13H2,1-4H3/t18-/m0/s1. The summed E-state index contributed by atoms with van der Waals surface area (Å²) < 4.78 is 44.4. The highest BCUT2D eigenvalue weighted by Gasteiger charge is 2.36. The number of hydrogen-bond acceptors (Lipinski definition) is 6. The predicted octanol–water partition coefficient (Wildman–Crippen LogP) is 2.11. The summed E-state index contributed by atoms with van der Waals surface area (Å²) in [6.07, 6.45) is -0.183. The third kappa shape index (κ3) is 5.19. The molecular weight excluding hydrogens is 397 g/mol. The van der Waals surface area contributed by atoms with Crippen LogP contribution in [0.5, 0.6) is 0 Å². The molecule has 9 heteroatoms. The number of carbonyl (C=O) groups is 1. The van der Waals surface area contributed by atoms with E-state index in [0.29, 0.717) is 38.3 Å². The zero-order chi connectivity index (χ0) is 21.4. The predicted molar refractivity (Wildman–Crippen MR) is 110 cm³/mol. The lowest BCUT2D eigenvalue weighted by atomic mass is 10.1. The minimum atomic E-state index is -3.21. The number of amides is 1. The Labute approximate surface area is 172 Å². The number of rotatable bonds is 3. The van der Waals surface area contributed by atoms with E-state index in [-0.39, 0.29) is 18.3 Å². The van der Waals surface area contributed by atoms with Crippen LogP contribution in [0.2, 0.25) is 0 Å². The van der Waals surface area contributed by atoms with Crippen LogP contribution < -0.4 is 4.90 Å². The number of hydrogen-bond donors (Lipinski definition) is 0. The molecule has 2 heterocycles. The van der Waals surface area contributed by atoms with Crippen molar-refractivity contribution in [1.29, 1.82) is 0 Å². The van der Waals surface area contributed by atoms with Gasteiger partial charge < -0.3 is 14.5 Å². The second-order valence-electron chi connectivity index (χ2n) is 8.74. The average molecular weight is 428 g/mol. The van der Waals surface area contributed by atoms with E-state index in [2.05, 4.69) is 0 Å². The highest BCUT2D eigenvalue weighted by Crippen LogP contribution is 2.25. The summed E-state index contributed by atoms with van der Waals surface area (Å²) in [4.78, 5) is 17.6. The molecule has 0 aliphatic carbocycles. The van der Waals surface area contributed by atoms with E-state index >= 15 is 0 Å². The molecule has 162 valence electrons. The van der Waals surface area contributed by atoms with Crippen LogP contribution in [-0.4, -0.2) is 80.8 Å². The third-order valence-corrected chi connectivity index (χ3v) is 7.47. The summed E-state index contributed by atoms with van der Waals surface area (Å²) in [7, 11) is -1.45. The first-order valence-electron chi connectivity index (χ1n) is 9.89. The van der Waals surface area contributed by atoms with E-state index in [1.165, 1.54) is 6.07 Å². The molecule has 0 spiro atoms. The van der Waals surface area contributed by atoms with Crippen LogP contribution >= 0.6 is 0 Å². The zero-order valence-electron chi connectivity index (χ0n) is 17.5. The molecule has 0 bridgehead atoms. The molecule has 0 unspecified atom stereocenters. The average Bonchev–Trinajstić information content (AvgIpc) is 2.88. The van der Waals surface area contributed by atoms with Gasteiger partial charge in [0, 0.05) is 44.8 Å². The molecule has 1 atom stereocenters. The molecule has 0 N–H and O–H groups in total. The van der Waals surface area contributed by atoms with Gasteiger partial charge in [-0.15, -0.1) is 0 Å². The summed E-state index contributed by atoms with van der Waals surface area (Å²) in [5.74, 6) is -0.275. The third-order valence-electron chi connectivity index (χ3n) is 5.36. The maximum absolute atomic E-state index is 14.7. The monoisotopic (exact) mass is 427 g/mol. The van der Waals surface area contributed by atoms with Crippen LogP contribution in [0.15, 0.2) is 18.2 Å². The lowest BCUT2D eigenvalue weighted by Gasteiger charge is -2.36. The summed E-state index contributed by atoms with van der Waals surface area (Å²) >= 11 is 0. The van der Waals surface area contributed by atoms with Crippen molar-refractivity contribution in [3.63, 3.8) is 0 Å². The molecule has 0 saturated carbocycles. The molecule has 2 aliphatic rings. The van der Waals surface area contributed by atoms with Crippen LogP contribution in [0.25, 0.3) is 0 Å². The number of likely N-dealkylation sites (N-methyl/N-ethyl adjacent to an activating group) is 1. The van der Waals surface area contributed by atoms with Crippen molar-refractivity contribution in [3.8, 4) is 0 Å². The Morgan fingerprint density at radius 2 is 1.83 bits per heavy atom. The summed E-state index contributed by atoms with van der Waals surface area (Å²) in [5.41, 5.74) is 0.606. The number of anilines is 1. The van der Waals surface area contributed by atoms with Gasteiger partial charge in [-0.1, -0.05) is 6.07 Å². The fourth-order valence-corrected chi connectivity index (χ4v) is 5.57. The number of nitrogens with zero attached hydrogens (tertiary/aromatic N) is 3. The quantitative estimate of drug-likeness (QED) is 0.736. The van der Waals surface area contributed by atoms with Crippen molar-refractivity contribution in [3.05, 3.63) is 29.6 Å². The molecule has 1 amide bonds. The van der Waals surface area contributed by atoms with Gasteiger partial charge in [-0.3, -0.25) is 4.90 Å². The number of ether oxygens (including phenoxy) is 1. The van der Waals surface area contributed by atoms with Crippen molar-refractivity contribution in [2.24, 2.45) is 0 Å². The van der Waals surface area contributed by atoms with E-state index in [9.17, 15) is 17.6 Å². The zero-order valence-corrected chi connectivity index (χ0v) is 18.3. The molecular formula is C20H30FN3O4S. The van der Waals surface area contributed by atoms with Crippen LogP contribution in [-0.2, 0) is 21.0 Å². The van der Waals surface area contributed by atoms with Gasteiger partial charge >= 0.3 is 6.09 Å². The molecule has 0 aromatic heterocycles. The number of piperazine rings is 1. The summed E-state index contributed by atoms with van der Waals surface area (Å²) in [5, 5.41) is -0.666. The fraction of sp³-hybridized carbons (Fsp3) is 0.650. The number of carbonyl (C=O) groups excluding carboxylic acids is 1. The first-order chi connectivity index (χ1) is 13.5. The van der Waals surface area contributed by atoms with Crippen molar-refractivity contribution >= 4 is 21.6 Å². The molecule has 3 rings (SSSR count). The molecule has 0 radical (unpaired) electrons. The topological polar surface area (TPSA) is 70.2 Å². The highest BCUT2D eigenvalue weighted by atomic mass is 32.2. The Kier molecular flexibility index (Phi) is 6.10. The van der Waals surface area contributed by atoms with Gasteiger partial charge in [-0.05, 0) is 45.5 Å². The van der Waals surface area contributed by atoms with Crippen LogP contribution in [0, 0.1) is 5.82 Å². The van der Waals surface area contributed by atoms with E-state index in [4.69, 9.17) is 4.74 Å². The second-order valence-corrected chi connectivity index (χ2v) is 11.0. The van der Waals surface area contributed by atoms with Crippen molar-refractivity contribution in [2.75, 3.05) is 50.4 Å². The smallest absolute Gasteiger partial charge is 0.410 e. The van der Waals surface area contributed by atoms with Gasteiger partial charge in [-0.2, -0.15) is 0 Å². The van der Waals surface area contributed by atoms with Crippen LogP contribution in [0.1, 0.15) is 26.3 Å². The minimum Gasteiger partial charge on any atom is -0.444 e. The lowest BCUT2D eigenvalue weighted by molar-refractivity contribution is 0.0240. The minimum absolute atomic E-state index is 0.121. The molecule has 2 aliphatic heterocycles. The molecule has 7 nitrogen and oxygen atoms in total. The van der Waals surface area contributed by atoms with Gasteiger partial charge in [-0.25, -0.2) is 17.6 Å². The number of halogens is 1. The van der Waals surface area contributed by atoms with Crippen LogP contribution in [0.4, 0.5) is 14.9 Å². The molecule has 2 saturated heterocycles. The Bertz CT molecular complexity index is 861. The van der Waals surface area contributed by atoms with Crippen molar-refractivity contribution < 1.29 is 22.3 Å². The maximum atomic E-state index is 14.7. The Morgan fingerprint density at radius 1 is 1.17 bits per heavy atom. The van der Waals surface area contributed by atoms with Gasteiger partial charge in [0.2, 0.25) is 0 Å². The normalized spacial score (nSPS) is 22.7.